The first-order valence-corrected chi connectivity index (χ1v) is 7.16. The van der Waals surface area contributed by atoms with Crippen molar-refractivity contribution < 1.29 is 9.47 Å². The summed E-state index contributed by atoms with van der Waals surface area (Å²) in [4.78, 5) is 0. The van der Waals surface area contributed by atoms with Gasteiger partial charge in [-0.15, -0.1) is 0 Å². The second-order valence-corrected chi connectivity index (χ2v) is 5.34. The highest BCUT2D eigenvalue weighted by Crippen LogP contribution is 2.40. The highest BCUT2D eigenvalue weighted by atomic mass is 16.5. The monoisotopic (exact) mass is 282 g/mol. The van der Waals surface area contributed by atoms with Crippen molar-refractivity contribution in [1.82, 2.24) is 0 Å². The van der Waals surface area contributed by atoms with Crippen LogP contribution in [0.4, 0.5) is 0 Å². The van der Waals surface area contributed by atoms with Gasteiger partial charge in [-0.3, -0.25) is 0 Å². The number of hydrogen-bond acceptors (Lipinski definition) is 3. The van der Waals surface area contributed by atoms with E-state index in [4.69, 9.17) is 15.2 Å². The number of rotatable bonds is 3. The number of nitrogens with two attached hydrogens (primary N) is 1. The molecule has 0 aromatic heterocycles. The Hall–Kier alpha value is -2.00. The average Bonchev–Trinajstić information content (AvgIpc) is 2.55. The highest BCUT2D eigenvalue weighted by molar-refractivity contribution is 5.49. The smallest absolute Gasteiger partial charge is 0.119 e. The Bertz CT molecular complexity index is 622. The van der Waals surface area contributed by atoms with Gasteiger partial charge in [0.15, 0.2) is 0 Å². The fourth-order valence-corrected chi connectivity index (χ4v) is 2.99. The molecule has 0 unspecified atom stereocenters. The standard InChI is InChI=1S/C18H20NO2/c1-20-14-7-3-12(4-8-14)16-10-6-13-5-9-15(21-2)11-17(13)18(16)19/h3-5,7-9,11,16H,6,10,19H2,1-2H3/t16-/m1/s1. The number of ether oxygens (including phenoxy) is 2. The van der Waals surface area contributed by atoms with Crippen molar-refractivity contribution in [1.29, 1.82) is 0 Å². The van der Waals surface area contributed by atoms with Crippen molar-refractivity contribution in [3.63, 3.8) is 0 Å². The quantitative estimate of drug-likeness (QED) is 0.939. The lowest BCUT2D eigenvalue weighted by Gasteiger charge is -2.31. The van der Waals surface area contributed by atoms with Gasteiger partial charge in [-0.05, 0) is 53.8 Å². The van der Waals surface area contributed by atoms with Crippen molar-refractivity contribution in [2.45, 2.75) is 18.8 Å². The minimum absolute atomic E-state index is 0.260. The molecule has 0 heterocycles. The maximum atomic E-state index is 6.45. The van der Waals surface area contributed by atoms with Crippen molar-refractivity contribution in [2.24, 2.45) is 5.73 Å². The molecule has 2 aromatic rings. The van der Waals surface area contributed by atoms with Crippen molar-refractivity contribution in [2.75, 3.05) is 14.2 Å². The lowest BCUT2D eigenvalue weighted by Crippen LogP contribution is -2.26. The summed E-state index contributed by atoms with van der Waals surface area (Å²) < 4.78 is 10.5. The van der Waals surface area contributed by atoms with E-state index in [1.54, 1.807) is 14.2 Å². The van der Waals surface area contributed by atoms with Gasteiger partial charge in [0.2, 0.25) is 0 Å². The van der Waals surface area contributed by atoms with Crippen LogP contribution in [-0.2, 0) is 6.42 Å². The summed E-state index contributed by atoms with van der Waals surface area (Å²) >= 11 is 0. The van der Waals surface area contributed by atoms with Crippen LogP contribution in [-0.4, -0.2) is 14.2 Å². The van der Waals surface area contributed by atoms with Crippen LogP contribution in [0.25, 0.3) is 0 Å². The first-order valence-electron chi connectivity index (χ1n) is 7.16. The van der Waals surface area contributed by atoms with Gasteiger partial charge >= 0.3 is 0 Å². The molecular formula is C18H20NO2. The zero-order valence-corrected chi connectivity index (χ0v) is 12.4. The van der Waals surface area contributed by atoms with E-state index in [1.165, 1.54) is 11.1 Å². The van der Waals surface area contributed by atoms with Crippen molar-refractivity contribution >= 4 is 0 Å². The Morgan fingerprint density at radius 1 is 0.952 bits per heavy atom. The van der Waals surface area contributed by atoms with E-state index in [1.807, 2.05) is 24.3 Å². The molecule has 0 spiro atoms. The predicted molar refractivity (Wildman–Crippen MR) is 83.6 cm³/mol. The van der Waals surface area contributed by atoms with E-state index in [0.717, 1.165) is 35.9 Å². The van der Waals surface area contributed by atoms with Gasteiger partial charge in [-0.25, -0.2) is 0 Å². The fraction of sp³-hybridized carbons (Fsp3) is 0.278. The molecule has 0 fully saturated rings. The summed E-state index contributed by atoms with van der Waals surface area (Å²) in [5.41, 5.74) is 10.1. The minimum Gasteiger partial charge on any atom is -0.497 e. The van der Waals surface area contributed by atoms with E-state index < -0.39 is 0 Å². The molecule has 0 aliphatic heterocycles. The molecule has 0 saturated heterocycles. The Morgan fingerprint density at radius 2 is 1.62 bits per heavy atom. The van der Waals surface area contributed by atoms with E-state index in [9.17, 15) is 0 Å². The van der Waals surface area contributed by atoms with Crippen molar-refractivity contribution in [3.8, 4) is 11.5 Å². The number of hydrogen-bond donors (Lipinski definition) is 1. The second kappa shape index (κ2) is 5.78. The maximum Gasteiger partial charge on any atom is 0.119 e. The summed E-state index contributed by atoms with van der Waals surface area (Å²) in [7, 11) is 3.36. The summed E-state index contributed by atoms with van der Waals surface area (Å²) in [5, 5.41) is 0. The van der Waals surface area contributed by atoms with Gasteiger partial charge in [0.1, 0.15) is 11.5 Å². The molecule has 0 amide bonds. The molecule has 0 saturated carbocycles. The van der Waals surface area contributed by atoms with Gasteiger partial charge in [-0.1, -0.05) is 18.2 Å². The SMILES string of the molecule is COc1ccc([C@H]2CCc3ccc(OC)cc3[C]2N)cc1. The van der Waals surface area contributed by atoms with Crippen LogP contribution in [0, 0.1) is 6.04 Å². The molecule has 1 aliphatic carbocycles. The zero-order chi connectivity index (χ0) is 14.8. The average molecular weight is 282 g/mol. The van der Waals surface area contributed by atoms with E-state index in [-0.39, 0.29) is 5.92 Å². The fourth-order valence-electron chi connectivity index (χ4n) is 2.99. The van der Waals surface area contributed by atoms with Crippen LogP contribution < -0.4 is 15.2 Å². The van der Waals surface area contributed by atoms with E-state index in [2.05, 4.69) is 18.2 Å². The number of fused-ring (bicyclic) bond motifs is 1. The van der Waals surface area contributed by atoms with Crippen LogP contribution >= 0.6 is 0 Å². The number of methoxy groups -OCH3 is 2. The zero-order valence-electron chi connectivity index (χ0n) is 12.4. The van der Waals surface area contributed by atoms with Crippen LogP contribution in [0.15, 0.2) is 42.5 Å². The van der Waals surface area contributed by atoms with Crippen LogP contribution in [0.1, 0.15) is 29.0 Å². The Morgan fingerprint density at radius 3 is 2.29 bits per heavy atom. The van der Waals surface area contributed by atoms with E-state index in [0.29, 0.717) is 0 Å². The Balaban J connectivity index is 1.91. The minimum atomic E-state index is 0.260. The molecule has 1 atom stereocenters. The normalized spacial score (nSPS) is 18.1. The van der Waals surface area contributed by atoms with Crippen LogP contribution in [0.5, 0.6) is 11.5 Å². The van der Waals surface area contributed by atoms with Gasteiger partial charge in [0.05, 0.1) is 20.3 Å². The molecule has 3 nitrogen and oxygen atoms in total. The molecule has 3 heteroatoms. The van der Waals surface area contributed by atoms with Crippen LogP contribution in [0.3, 0.4) is 0 Å². The first kappa shape index (κ1) is 14.0. The first-order chi connectivity index (χ1) is 10.2. The molecule has 21 heavy (non-hydrogen) atoms. The summed E-state index contributed by atoms with van der Waals surface area (Å²) in [6.07, 6.45) is 2.08. The Kier molecular flexibility index (Phi) is 3.84. The second-order valence-electron chi connectivity index (χ2n) is 5.34. The molecule has 3 rings (SSSR count). The topological polar surface area (TPSA) is 44.5 Å². The molecule has 109 valence electrons. The van der Waals surface area contributed by atoms with Crippen molar-refractivity contribution in [3.05, 3.63) is 65.2 Å². The van der Waals surface area contributed by atoms with E-state index >= 15 is 0 Å². The van der Waals surface area contributed by atoms with Crippen LogP contribution in [0.2, 0.25) is 0 Å². The third kappa shape index (κ3) is 2.61. The highest BCUT2D eigenvalue weighted by Gasteiger charge is 2.29. The summed E-state index contributed by atoms with van der Waals surface area (Å²) in [6, 6.07) is 15.3. The molecule has 2 aromatic carbocycles. The molecule has 1 aliphatic rings. The molecule has 1 radical (unpaired) electrons. The van der Waals surface area contributed by atoms with Gasteiger partial charge in [0, 0.05) is 5.92 Å². The summed E-state index contributed by atoms with van der Waals surface area (Å²) in [6.45, 7) is 0. The van der Waals surface area contributed by atoms with Gasteiger partial charge in [0.25, 0.3) is 0 Å². The van der Waals surface area contributed by atoms with Gasteiger partial charge in [-0.2, -0.15) is 0 Å². The largest absolute Gasteiger partial charge is 0.497 e. The molecular weight excluding hydrogens is 262 g/mol. The number of aryl methyl sites for hydroxylation is 1. The van der Waals surface area contributed by atoms with Gasteiger partial charge < -0.3 is 15.2 Å². The predicted octanol–water partition coefficient (Wildman–Crippen LogP) is 3.27. The molecule has 0 bridgehead atoms. The molecule has 2 N–H and O–H groups in total. The third-order valence-corrected chi connectivity index (χ3v) is 4.22. The lowest BCUT2D eigenvalue weighted by molar-refractivity contribution is 0.413. The lowest BCUT2D eigenvalue weighted by atomic mass is 9.76. The Labute approximate surface area is 125 Å². The maximum absolute atomic E-state index is 6.45. The summed E-state index contributed by atoms with van der Waals surface area (Å²) in [5.74, 6) is 1.98. The number of benzene rings is 2. The third-order valence-electron chi connectivity index (χ3n) is 4.22.